The second-order valence-electron chi connectivity index (χ2n) is 22.4. The van der Waals surface area contributed by atoms with Gasteiger partial charge in [0.05, 0.1) is 60.3 Å². The van der Waals surface area contributed by atoms with E-state index in [9.17, 15) is 53.7 Å². The second kappa shape index (κ2) is 29.6. The zero-order chi connectivity index (χ0) is 67.2. The van der Waals surface area contributed by atoms with Gasteiger partial charge in [0.2, 0.25) is 11.8 Å². The molecule has 11 rings (SSSR count). The van der Waals surface area contributed by atoms with E-state index in [-0.39, 0.29) is 64.7 Å². The van der Waals surface area contributed by atoms with E-state index in [4.69, 9.17) is 44.4 Å². The largest absolute Gasteiger partial charge is 0.481 e. The maximum atomic E-state index is 14.5. The number of hydrogen-bond acceptors (Lipinski definition) is 24. The van der Waals surface area contributed by atoms with Crippen LogP contribution in [0.15, 0.2) is 88.3 Å². The van der Waals surface area contributed by atoms with Gasteiger partial charge < -0.3 is 51.4 Å². The Kier molecular flexibility index (Phi) is 21.0. The average Bonchev–Trinajstić information content (AvgIpc) is 1.69. The molecular formula is C63H61N13O13S6. The van der Waals surface area contributed by atoms with Crippen LogP contribution in [0.3, 0.4) is 0 Å². The number of aromatic nitrogens is 7. The van der Waals surface area contributed by atoms with Crippen molar-refractivity contribution in [1.29, 1.82) is 0 Å². The lowest BCUT2D eigenvalue weighted by Crippen LogP contribution is -2.40. The minimum atomic E-state index is -1.32. The zero-order valence-corrected chi connectivity index (χ0v) is 56.2. The molecule has 26 nitrogen and oxygen atoms in total. The van der Waals surface area contributed by atoms with Gasteiger partial charge in [-0.15, -0.1) is 68.0 Å². The van der Waals surface area contributed by atoms with Crippen LogP contribution >= 0.6 is 68.0 Å². The normalized spacial score (nSPS) is 18.2. The van der Waals surface area contributed by atoms with E-state index >= 15 is 0 Å². The Morgan fingerprint density at radius 3 is 2.14 bits per heavy atom. The van der Waals surface area contributed by atoms with Crippen molar-refractivity contribution in [2.45, 2.75) is 96.4 Å². The first-order valence-electron chi connectivity index (χ1n) is 29.7. The van der Waals surface area contributed by atoms with Gasteiger partial charge >= 0.3 is 18.0 Å². The first kappa shape index (κ1) is 67.3. The fourth-order valence-electron chi connectivity index (χ4n) is 10.6. The second-order valence-corrected chi connectivity index (χ2v) is 28.2. The minimum absolute atomic E-state index is 0.00115. The summed E-state index contributed by atoms with van der Waals surface area (Å²) in [5, 5.41) is 54.3. The lowest BCUT2D eigenvalue weighted by Gasteiger charge is -2.28. The van der Waals surface area contributed by atoms with E-state index in [1.807, 2.05) is 13.8 Å². The number of anilines is 1. The highest BCUT2D eigenvalue weighted by Gasteiger charge is 2.35. The fourth-order valence-corrected chi connectivity index (χ4v) is 16.1. The number of carboxylic acids is 2. The number of thiazole rings is 6. The summed E-state index contributed by atoms with van der Waals surface area (Å²) < 4.78 is 11.5. The quantitative estimate of drug-likeness (QED) is 0.0502. The maximum Gasteiger partial charge on any atom is 0.416 e. The predicted molar refractivity (Wildman–Crippen MR) is 356 cm³/mol. The van der Waals surface area contributed by atoms with Crippen molar-refractivity contribution in [3.8, 4) is 43.4 Å². The Bertz CT molecular complexity index is 4360. The first-order valence-corrected chi connectivity index (χ1v) is 34.8. The van der Waals surface area contributed by atoms with Crippen LogP contribution in [0.2, 0.25) is 0 Å². The fraction of sp³-hybridized carbons (Fsp3) is 0.317. The number of methoxy groups -OCH3 is 1. The number of aliphatic hydroxyl groups is 1. The highest BCUT2D eigenvalue weighted by atomic mass is 32.1. The van der Waals surface area contributed by atoms with Gasteiger partial charge in [0.15, 0.2) is 0 Å². The van der Waals surface area contributed by atoms with Crippen molar-refractivity contribution >= 4 is 121 Å². The molecule has 95 heavy (non-hydrogen) atoms. The summed E-state index contributed by atoms with van der Waals surface area (Å²) in [6, 6.07) is 15.3. The molecule has 7 aromatic heterocycles. The Morgan fingerprint density at radius 1 is 0.684 bits per heavy atom. The molecular weight excluding hydrogens is 1340 g/mol. The number of rotatable bonds is 14. The number of aliphatic carboxylic acids is 1. The highest BCUT2D eigenvalue weighted by Crippen LogP contribution is 2.41. The molecule has 2 aliphatic rings. The number of pyridine rings is 1. The highest BCUT2D eigenvalue weighted by molar-refractivity contribution is 7.15. The molecule has 10 bridgehead atoms. The molecule has 0 spiro atoms. The molecule has 0 saturated heterocycles. The van der Waals surface area contributed by atoms with Crippen LogP contribution in [0.25, 0.3) is 43.4 Å². The van der Waals surface area contributed by atoms with Crippen molar-refractivity contribution in [2.24, 2.45) is 11.8 Å². The number of carbonyl (C=O) groups excluding carboxylic acids is 6. The zero-order valence-electron chi connectivity index (χ0n) is 51.3. The van der Waals surface area contributed by atoms with Gasteiger partial charge in [0.1, 0.15) is 88.3 Å². The predicted octanol–water partition coefficient (Wildman–Crippen LogP) is 9.80. The molecule has 1 fully saturated rings. The number of aliphatic hydroxyl groups excluding tert-OH is 1. The molecule has 32 heteroatoms. The van der Waals surface area contributed by atoms with E-state index in [1.165, 1.54) is 42.5 Å². The number of carboxylic acid groups (broad SMARTS) is 2. The minimum Gasteiger partial charge on any atom is -0.481 e. The van der Waals surface area contributed by atoms with Crippen LogP contribution in [0, 0.1) is 18.8 Å². The molecule has 8 heterocycles. The van der Waals surface area contributed by atoms with Crippen LogP contribution in [-0.4, -0.2) is 125 Å². The van der Waals surface area contributed by atoms with Gasteiger partial charge in [0.25, 0.3) is 17.7 Å². The van der Waals surface area contributed by atoms with Crippen LogP contribution in [0.4, 0.5) is 10.6 Å². The van der Waals surface area contributed by atoms with E-state index in [0.29, 0.717) is 94.2 Å². The van der Waals surface area contributed by atoms with Crippen molar-refractivity contribution in [3.63, 3.8) is 0 Å². The van der Waals surface area contributed by atoms with E-state index < -0.39 is 90.4 Å². The van der Waals surface area contributed by atoms with Crippen molar-refractivity contribution < 1.29 is 63.1 Å². The SMILES string of the molecule is CNC(=O)C[C@@H]1NC(=O)c2csc(n2)-c2ccc(-c3nc(N(Cc4cccc(C(=O)O)c4)C(=O)O[C@H]4CC[C@H](C(=O)O)CC4)cs3)nc2-c2csc(n2)-c2csc(n2)[C@H]([C@@H](O)c2ccccc2)NC(=O)CNC(=O)c2nc(sc2COC)C(C(C)C)NC(=O)c2nc1sc2C. The molecule has 1 saturated carbocycles. The molecule has 1 aliphatic heterocycles. The smallest absolute Gasteiger partial charge is 0.416 e. The number of amides is 6. The molecule has 0 radical (unpaired) electrons. The molecule has 1 aliphatic carbocycles. The summed E-state index contributed by atoms with van der Waals surface area (Å²) in [4.78, 5) is 145. The van der Waals surface area contributed by atoms with E-state index in [1.54, 1.807) is 83.0 Å². The number of nitrogens with one attached hydrogen (secondary N) is 5. The first-order chi connectivity index (χ1) is 45.7. The summed E-state index contributed by atoms with van der Waals surface area (Å²) >= 11 is 6.96. The third-order valence-electron chi connectivity index (χ3n) is 15.5. The number of fused-ring (bicyclic) bond motifs is 14. The molecule has 1 unspecified atom stereocenters. The molecule has 4 atom stereocenters. The van der Waals surface area contributed by atoms with Gasteiger partial charge in [-0.25, -0.2) is 44.5 Å². The number of hydrogen-bond donors (Lipinski definition) is 8. The van der Waals surface area contributed by atoms with Gasteiger partial charge in [0, 0.05) is 46.1 Å². The number of nitrogens with zero attached hydrogens (tertiary/aromatic N) is 8. The monoisotopic (exact) mass is 1400 g/mol. The van der Waals surface area contributed by atoms with Crippen LogP contribution < -0.4 is 31.5 Å². The summed E-state index contributed by atoms with van der Waals surface area (Å²) in [7, 11) is 2.92. The summed E-state index contributed by atoms with van der Waals surface area (Å²) in [5.41, 5.74) is 2.72. The third kappa shape index (κ3) is 15.5. The van der Waals surface area contributed by atoms with Crippen molar-refractivity contribution in [3.05, 3.63) is 147 Å². The number of aryl methyl sites for hydroxylation is 1. The van der Waals surface area contributed by atoms with E-state index in [2.05, 4.69) is 26.6 Å². The Labute approximate surface area is 566 Å². The van der Waals surface area contributed by atoms with Gasteiger partial charge in [-0.3, -0.25) is 33.7 Å². The standard InChI is InChI=1S/C63H61N13O13S6/c1-29(2)46-60-75-49(42(95-60)24-88-5)53(81)65-22-45(78)72-50(51(79)32-11-7-6-8-12-32)59-70-41(27-92-59)57-68-39(25-91-57)48-36(55-69-40(26-90-55)52(80)67-38(21-44(77)64-4)58-74-47(30(3)94-58)54(82)73-46)18-19-37(66-48)56-71-43(28-93-56)76(23-31-10-9-13-34(20-31)62(85)86)63(87)89-35-16-14-33(15-17-35)61(83)84/h6-13,18-20,25-29,33,35,38,46,50-51,79H,14-17,21-24H2,1-5H3,(H,64,77)(H,65,81)(H,67,80)(H,72,78)(H,73,82)(H,83,84)(H,85,86)/t33-,35-,38-,46?,50-,51-/m0/s1. The Balaban J connectivity index is 0.983. The molecule has 9 aromatic rings. The summed E-state index contributed by atoms with van der Waals surface area (Å²) in [5.74, 6) is -5.76. The molecule has 6 amide bonds. The number of benzene rings is 2. The summed E-state index contributed by atoms with van der Waals surface area (Å²) in [6.45, 7) is 4.74. The lowest BCUT2D eigenvalue weighted by atomic mass is 9.87. The number of aromatic carboxylic acids is 1. The number of carbonyl (C=O) groups is 8. The Hall–Kier alpha value is -9.15. The summed E-state index contributed by atoms with van der Waals surface area (Å²) in [6.07, 6.45) is -1.62. The van der Waals surface area contributed by atoms with Crippen molar-refractivity contribution in [1.82, 2.24) is 61.5 Å². The molecule has 492 valence electrons. The van der Waals surface area contributed by atoms with Gasteiger partial charge in [-0.05, 0) is 73.9 Å². The average molecular weight is 1400 g/mol. The van der Waals surface area contributed by atoms with Gasteiger partial charge in [-0.2, -0.15) is 0 Å². The third-order valence-corrected chi connectivity index (χ3v) is 21.3. The Morgan fingerprint density at radius 2 is 1.40 bits per heavy atom. The van der Waals surface area contributed by atoms with Crippen LogP contribution in [0.5, 0.6) is 0 Å². The lowest BCUT2D eigenvalue weighted by molar-refractivity contribution is -0.143. The molecule has 8 N–H and O–H groups in total. The maximum absolute atomic E-state index is 14.5. The van der Waals surface area contributed by atoms with Crippen LogP contribution in [0.1, 0.15) is 148 Å². The van der Waals surface area contributed by atoms with Crippen molar-refractivity contribution in [2.75, 3.05) is 25.6 Å². The molecule has 2 aromatic carbocycles. The van der Waals surface area contributed by atoms with Crippen LogP contribution in [-0.2, 0) is 37.0 Å². The topological polar surface area (TPSA) is 369 Å². The van der Waals surface area contributed by atoms with E-state index in [0.717, 1.165) is 56.7 Å². The van der Waals surface area contributed by atoms with Gasteiger partial charge in [-0.1, -0.05) is 56.3 Å². The number of ether oxygens (including phenoxy) is 2.